The number of nitrogens with one attached hydrogen (secondary N) is 1. The van der Waals surface area contributed by atoms with Crippen LogP contribution in [0.15, 0.2) is 0 Å². The Hall–Kier alpha value is -0.420. The van der Waals surface area contributed by atoms with E-state index in [1.54, 1.807) is 0 Å². The van der Waals surface area contributed by atoms with Gasteiger partial charge in [0.25, 0.3) is 0 Å². The molecular formula is C6H15N3OS. The average molecular weight is 177 g/mol. The molecule has 5 heteroatoms. The molecule has 0 aromatic rings. The monoisotopic (exact) mass is 177 g/mol. The molecule has 0 spiro atoms. The second-order valence-electron chi connectivity index (χ2n) is 2.04. The van der Waals surface area contributed by atoms with Crippen molar-refractivity contribution in [3.8, 4) is 0 Å². The zero-order valence-electron chi connectivity index (χ0n) is 6.87. The Morgan fingerprint density at radius 2 is 2.27 bits per heavy atom. The van der Waals surface area contributed by atoms with Gasteiger partial charge in [0.2, 0.25) is 0 Å². The van der Waals surface area contributed by atoms with Gasteiger partial charge in [-0.1, -0.05) is 0 Å². The van der Waals surface area contributed by atoms with Crippen molar-refractivity contribution in [1.82, 2.24) is 10.2 Å². The second kappa shape index (κ2) is 5.26. The van der Waals surface area contributed by atoms with Crippen molar-refractivity contribution in [1.29, 1.82) is 0 Å². The highest BCUT2D eigenvalue weighted by atomic mass is 32.1. The summed E-state index contributed by atoms with van der Waals surface area (Å²) in [5.74, 6) is 0. The minimum atomic E-state index is -0.522. The standard InChI is InChI=1S/C6H15N3OS/c1-3-8-6(10)9(4-2)5(7)11/h5,11H,3-4,7H2,1-2H3,(H,8,10). The Kier molecular flexibility index (Phi) is 5.06. The van der Waals surface area contributed by atoms with Crippen LogP contribution in [0.1, 0.15) is 13.8 Å². The first-order chi connectivity index (χ1) is 5.13. The molecule has 1 atom stereocenters. The Bertz CT molecular complexity index is 129. The highest BCUT2D eigenvalue weighted by molar-refractivity contribution is 7.80. The van der Waals surface area contributed by atoms with Crippen LogP contribution in [0.3, 0.4) is 0 Å². The number of nitrogens with zero attached hydrogens (tertiary/aromatic N) is 1. The molecule has 11 heavy (non-hydrogen) atoms. The zero-order valence-corrected chi connectivity index (χ0v) is 7.77. The summed E-state index contributed by atoms with van der Waals surface area (Å²) in [5, 5.41) is 2.64. The van der Waals surface area contributed by atoms with Crippen molar-refractivity contribution >= 4 is 18.7 Å². The van der Waals surface area contributed by atoms with Crippen molar-refractivity contribution in [3.63, 3.8) is 0 Å². The van der Waals surface area contributed by atoms with E-state index in [-0.39, 0.29) is 6.03 Å². The van der Waals surface area contributed by atoms with Gasteiger partial charge in [-0.2, -0.15) is 0 Å². The molecule has 0 heterocycles. The van der Waals surface area contributed by atoms with Gasteiger partial charge < -0.3 is 16.0 Å². The molecule has 0 aliphatic carbocycles. The summed E-state index contributed by atoms with van der Waals surface area (Å²) in [5.41, 5.74) is 4.89. The summed E-state index contributed by atoms with van der Waals surface area (Å²) in [6.07, 6.45) is 0. The molecule has 0 fully saturated rings. The average Bonchev–Trinajstić information content (AvgIpc) is 1.88. The van der Waals surface area contributed by atoms with E-state index in [2.05, 4.69) is 17.9 Å². The van der Waals surface area contributed by atoms with Gasteiger partial charge in [0, 0.05) is 13.1 Å². The Morgan fingerprint density at radius 1 is 1.73 bits per heavy atom. The van der Waals surface area contributed by atoms with Gasteiger partial charge in [-0.15, -0.1) is 12.6 Å². The van der Waals surface area contributed by atoms with E-state index in [9.17, 15) is 4.79 Å². The molecule has 3 N–H and O–H groups in total. The van der Waals surface area contributed by atoms with E-state index >= 15 is 0 Å². The summed E-state index contributed by atoms with van der Waals surface area (Å²) < 4.78 is 0. The highest BCUT2D eigenvalue weighted by Gasteiger charge is 2.13. The second-order valence-corrected chi connectivity index (χ2v) is 2.56. The smallest absolute Gasteiger partial charge is 0.319 e. The molecule has 1 unspecified atom stereocenters. The van der Waals surface area contributed by atoms with E-state index in [1.165, 1.54) is 4.90 Å². The lowest BCUT2D eigenvalue weighted by Gasteiger charge is -2.23. The van der Waals surface area contributed by atoms with Gasteiger partial charge in [-0.3, -0.25) is 0 Å². The maximum absolute atomic E-state index is 11.1. The fraction of sp³-hybridized carbons (Fsp3) is 0.833. The highest BCUT2D eigenvalue weighted by Crippen LogP contribution is 1.96. The number of amides is 2. The van der Waals surface area contributed by atoms with Crippen LogP contribution in [-0.2, 0) is 0 Å². The molecule has 0 rings (SSSR count). The summed E-state index contributed by atoms with van der Waals surface area (Å²) in [4.78, 5) is 12.5. The van der Waals surface area contributed by atoms with E-state index in [0.29, 0.717) is 13.1 Å². The van der Waals surface area contributed by atoms with Gasteiger partial charge in [-0.25, -0.2) is 4.79 Å². The SMILES string of the molecule is CCNC(=O)N(CC)C(N)S. The molecule has 0 bridgehead atoms. The quantitative estimate of drug-likeness (QED) is 0.426. The first kappa shape index (κ1) is 10.6. The molecule has 66 valence electrons. The van der Waals surface area contributed by atoms with Gasteiger partial charge in [0.1, 0.15) is 5.50 Å². The number of thiol groups is 1. The third kappa shape index (κ3) is 3.48. The third-order valence-corrected chi connectivity index (χ3v) is 1.53. The van der Waals surface area contributed by atoms with Gasteiger partial charge in [-0.05, 0) is 13.8 Å². The van der Waals surface area contributed by atoms with Crippen LogP contribution >= 0.6 is 12.6 Å². The van der Waals surface area contributed by atoms with Crippen molar-refractivity contribution in [2.24, 2.45) is 5.73 Å². The lowest BCUT2D eigenvalue weighted by molar-refractivity contribution is 0.198. The molecule has 0 saturated carbocycles. The van der Waals surface area contributed by atoms with Crippen LogP contribution in [0.4, 0.5) is 4.79 Å². The number of hydrogen-bond donors (Lipinski definition) is 3. The number of carbonyl (C=O) groups is 1. The maximum Gasteiger partial charge on any atom is 0.319 e. The summed E-state index contributed by atoms with van der Waals surface area (Å²) in [6, 6.07) is -0.169. The molecule has 0 aliphatic heterocycles. The van der Waals surface area contributed by atoms with E-state index in [0.717, 1.165) is 0 Å². The number of nitrogens with two attached hydrogens (primary N) is 1. The number of hydrogen-bond acceptors (Lipinski definition) is 3. The van der Waals surface area contributed by atoms with Crippen LogP contribution in [-0.4, -0.2) is 29.5 Å². The van der Waals surface area contributed by atoms with Crippen LogP contribution < -0.4 is 11.1 Å². The van der Waals surface area contributed by atoms with Crippen LogP contribution in [0, 0.1) is 0 Å². The van der Waals surface area contributed by atoms with E-state index in [4.69, 9.17) is 5.73 Å². The van der Waals surface area contributed by atoms with E-state index < -0.39 is 5.50 Å². The number of rotatable bonds is 3. The molecule has 0 saturated heterocycles. The third-order valence-electron chi connectivity index (χ3n) is 1.25. The molecular weight excluding hydrogens is 162 g/mol. The maximum atomic E-state index is 11.1. The normalized spacial score (nSPS) is 12.4. The van der Waals surface area contributed by atoms with E-state index in [1.807, 2.05) is 13.8 Å². The van der Waals surface area contributed by atoms with Crippen molar-refractivity contribution in [3.05, 3.63) is 0 Å². The predicted octanol–water partition coefficient (Wildman–Crippen LogP) is 0.210. The zero-order chi connectivity index (χ0) is 8.85. The fourth-order valence-corrected chi connectivity index (χ4v) is 0.972. The number of carbonyl (C=O) groups excluding carboxylic acids is 1. The first-order valence-corrected chi connectivity index (χ1v) is 4.13. The summed E-state index contributed by atoms with van der Waals surface area (Å²) >= 11 is 3.95. The first-order valence-electron chi connectivity index (χ1n) is 3.61. The predicted molar refractivity (Wildman–Crippen MR) is 48.4 cm³/mol. The Balaban J connectivity index is 3.92. The van der Waals surface area contributed by atoms with Crippen LogP contribution in [0.25, 0.3) is 0 Å². The number of urea groups is 1. The minimum absolute atomic E-state index is 0.169. The largest absolute Gasteiger partial charge is 0.338 e. The Labute approximate surface area is 72.5 Å². The molecule has 0 aromatic heterocycles. The van der Waals surface area contributed by atoms with Gasteiger partial charge in [0.15, 0.2) is 0 Å². The van der Waals surface area contributed by atoms with Crippen LogP contribution in [0.2, 0.25) is 0 Å². The molecule has 0 aliphatic rings. The summed E-state index contributed by atoms with van der Waals surface area (Å²) in [6.45, 7) is 4.88. The molecule has 0 aromatic carbocycles. The lowest BCUT2D eigenvalue weighted by atomic mass is 10.6. The summed E-state index contributed by atoms with van der Waals surface area (Å²) in [7, 11) is 0. The molecule has 4 nitrogen and oxygen atoms in total. The van der Waals surface area contributed by atoms with Crippen molar-refractivity contribution < 1.29 is 4.79 Å². The topological polar surface area (TPSA) is 58.4 Å². The molecule has 0 radical (unpaired) electrons. The fourth-order valence-electron chi connectivity index (χ4n) is 0.704. The van der Waals surface area contributed by atoms with Gasteiger partial charge in [0.05, 0.1) is 0 Å². The lowest BCUT2D eigenvalue weighted by Crippen LogP contribution is -2.47. The van der Waals surface area contributed by atoms with Crippen molar-refractivity contribution in [2.45, 2.75) is 19.3 Å². The molecule has 2 amide bonds. The Morgan fingerprint density at radius 3 is 2.55 bits per heavy atom. The van der Waals surface area contributed by atoms with Crippen molar-refractivity contribution in [2.75, 3.05) is 13.1 Å². The van der Waals surface area contributed by atoms with Crippen LogP contribution in [0.5, 0.6) is 0 Å². The minimum Gasteiger partial charge on any atom is -0.338 e. The van der Waals surface area contributed by atoms with Gasteiger partial charge >= 0.3 is 6.03 Å².